The van der Waals surface area contributed by atoms with E-state index in [1.807, 2.05) is 17.2 Å². The molecular formula is C13H20FN3O2. The first-order chi connectivity index (χ1) is 9.12. The third-order valence-electron chi connectivity index (χ3n) is 2.89. The average molecular weight is 269 g/mol. The van der Waals surface area contributed by atoms with Crippen LogP contribution in [0.3, 0.4) is 0 Å². The van der Waals surface area contributed by atoms with Crippen LogP contribution < -0.4 is 11.3 Å². The van der Waals surface area contributed by atoms with E-state index in [2.05, 4.69) is 0 Å². The van der Waals surface area contributed by atoms with Crippen LogP contribution >= 0.6 is 0 Å². The van der Waals surface area contributed by atoms with Crippen molar-refractivity contribution in [3.8, 4) is 0 Å². The Morgan fingerprint density at radius 1 is 1.53 bits per heavy atom. The Bertz CT molecular complexity index is 426. The molecule has 1 rings (SSSR count). The number of carbonyl (C=O) groups is 1. The number of hydrazine groups is 1. The number of ether oxygens (including phenoxy) is 1. The number of carbonyl (C=O) groups excluding carboxylic acids is 1. The Morgan fingerprint density at radius 3 is 2.84 bits per heavy atom. The molecule has 0 spiro atoms. The number of hydrogen-bond donors (Lipinski definition) is 2. The minimum Gasteiger partial charge on any atom is -0.383 e. The van der Waals surface area contributed by atoms with Gasteiger partial charge in [0.25, 0.3) is 5.91 Å². The average Bonchev–Trinajstić information content (AvgIpc) is 2.44. The van der Waals surface area contributed by atoms with Crippen molar-refractivity contribution < 1.29 is 13.9 Å². The monoisotopic (exact) mass is 269 g/mol. The summed E-state index contributed by atoms with van der Waals surface area (Å²) in [6.07, 6.45) is 0. The molecule has 1 aromatic rings. The fraction of sp³-hybridized carbons (Fsp3) is 0.462. The van der Waals surface area contributed by atoms with Gasteiger partial charge in [0.05, 0.1) is 6.61 Å². The number of rotatable bonds is 7. The Morgan fingerprint density at radius 2 is 2.26 bits per heavy atom. The molecule has 0 unspecified atom stereocenters. The summed E-state index contributed by atoms with van der Waals surface area (Å²) in [7, 11) is 1.63. The van der Waals surface area contributed by atoms with E-state index >= 15 is 0 Å². The van der Waals surface area contributed by atoms with E-state index < -0.39 is 5.91 Å². The van der Waals surface area contributed by atoms with Gasteiger partial charge in [-0.05, 0) is 24.7 Å². The first-order valence-electron chi connectivity index (χ1n) is 6.13. The van der Waals surface area contributed by atoms with Gasteiger partial charge in [0.15, 0.2) is 0 Å². The van der Waals surface area contributed by atoms with Gasteiger partial charge in [-0.3, -0.25) is 15.1 Å². The molecule has 0 aromatic heterocycles. The van der Waals surface area contributed by atoms with E-state index in [1.54, 1.807) is 7.11 Å². The lowest BCUT2D eigenvalue weighted by Crippen LogP contribution is -2.30. The summed E-state index contributed by atoms with van der Waals surface area (Å²) >= 11 is 0. The van der Waals surface area contributed by atoms with Gasteiger partial charge in [0.2, 0.25) is 0 Å². The summed E-state index contributed by atoms with van der Waals surface area (Å²) in [6, 6.07) is 4.21. The molecule has 1 aromatic carbocycles. The van der Waals surface area contributed by atoms with Gasteiger partial charge in [-0.25, -0.2) is 10.2 Å². The van der Waals surface area contributed by atoms with E-state index in [-0.39, 0.29) is 5.82 Å². The first kappa shape index (κ1) is 15.6. The van der Waals surface area contributed by atoms with E-state index in [4.69, 9.17) is 10.6 Å². The number of nitrogens with zero attached hydrogens (tertiary/aromatic N) is 1. The van der Waals surface area contributed by atoms with Crippen LogP contribution in [-0.4, -0.2) is 37.6 Å². The largest absolute Gasteiger partial charge is 0.383 e. The van der Waals surface area contributed by atoms with Gasteiger partial charge in [0.1, 0.15) is 5.82 Å². The molecular weight excluding hydrogens is 249 g/mol. The summed E-state index contributed by atoms with van der Waals surface area (Å²) < 4.78 is 18.7. The summed E-state index contributed by atoms with van der Waals surface area (Å²) in [5.41, 5.74) is 2.85. The number of methoxy groups -OCH3 is 1. The number of amides is 1. The van der Waals surface area contributed by atoms with Gasteiger partial charge in [-0.2, -0.15) is 0 Å². The minimum absolute atomic E-state index is 0.329. The second kappa shape index (κ2) is 7.83. The standard InChI is InChI=1S/C13H20FN3O2/c1-3-17(6-7-19-2)9-11-8-10(13(18)16-15)4-5-12(11)14/h4-5,8H,3,6-7,9,15H2,1-2H3,(H,16,18). The molecule has 0 saturated heterocycles. The molecule has 0 fully saturated rings. The summed E-state index contributed by atoms with van der Waals surface area (Å²) in [4.78, 5) is 13.4. The quantitative estimate of drug-likeness (QED) is 0.438. The van der Waals surface area contributed by atoms with Crippen molar-refractivity contribution in [2.45, 2.75) is 13.5 Å². The maximum absolute atomic E-state index is 13.7. The molecule has 0 saturated carbocycles. The van der Waals surface area contributed by atoms with Crippen molar-refractivity contribution in [2.75, 3.05) is 26.8 Å². The molecule has 0 bridgehead atoms. The molecule has 1 amide bonds. The van der Waals surface area contributed by atoms with Crippen molar-refractivity contribution in [1.29, 1.82) is 0 Å². The zero-order valence-electron chi connectivity index (χ0n) is 11.3. The molecule has 0 aliphatic heterocycles. The molecule has 5 nitrogen and oxygen atoms in total. The Balaban J connectivity index is 2.83. The zero-order valence-corrected chi connectivity index (χ0v) is 11.3. The number of halogens is 1. The van der Waals surface area contributed by atoms with Crippen molar-refractivity contribution in [3.63, 3.8) is 0 Å². The lowest BCUT2D eigenvalue weighted by molar-refractivity contribution is 0.0953. The van der Waals surface area contributed by atoms with E-state index in [0.717, 1.165) is 6.54 Å². The Kier molecular flexibility index (Phi) is 6.41. The van der Waals surface area contributed by atoms with Crippen molar-refractivity contribution >= 4 is 5.91 Å². The highest BCUT2D eigenvalue weighted by Crippen LogP contribution is 2.13. The van der Waals surface area contributed by atoms with Crippen LogP contribution in [0.1, 0.15) is 22.8 Å². The van der Waals surface area contributed by atoms with E-state index in [0.29, 0.717) is 30.8 Å². The highest BCUT2D eigenvalue weighted by molar-refractivity contribution is 5.93. The van der Waals surface area contributed by atoms with Gasteiger partial charge >= 0.3 is 0 Å². The number of nitrogens with two attached hydrogens (primary N) is 1. The predicted molar refractivity (Wildman–Crippen MR) is 70.9 cm³/mol. The van der Waals surface area contributed by atoms with Gasteiger partial charge < -0.3 is 4.74 Å². The van der Waals surface area contributed by atoms with Crippen LogP contribution in [0.4, 0.5) is 4.39 Å². The van der Waals surface area contributed by atoms with Crippen molar-refractivity contribution in [1.82, 2.24) is 10.3 Å². The molecule has 6 heteroatoms. The number of nitrogen functional groups attached to an aromatic ring is 1. The lowest BCUT2D eigenvalue weighted by atomic mass is 10.1. The van der Waals surface area contributed by atoms with Crippen LogP contribution in [0.5, 0.6) is 0 Å². The van der Waals surface area contributed by atoms with Crippen LogP contribution in [0, 0.1) is 5.82 Å². The molecule has 3 N–H and O–H groups in total. The fourth-order valence-electron chi connectivity index (χ4n) is 1.73. The number of nitrogens with one attached hydrogen (secondary N) is 1. The van der Waals surface area contributed by atoms with Crippen LogP contribution in [-0.2, 0) is 11.3 Å². The van der Waals surface area contributed by atoms with E-state index in [1.165, 1.54) is 18.2 Å². The molecule has 0 radical (unpaired) electrons. The van der Waals surface area contributed by atoms with E-state index in [9.17, 15) is 9.18 Å². The van der Waals surface area contributed by atoms with Crippen LogP contribution in [0.15, 0.2) is 18.2 Å². The summed E-state index contributed by atoms with van der Waals surface area (Å²) in [5.74, 6) is 4.31. The summed E-state index contributed by atoms with van der Waals surface area (Å²) in [5, 5.41) is 0. The fourth-order valence-corrected chi connectivity index (χ4v) is 1.73. The van der Waals surface area contributed by atoms with Crippen LogP contribution in [0.2, 0.25) is 0 Å². The van der Waals surface area contributed by atoms with Gasteiger partial charge in [-0.1, -0.05) is 6.92 Å². The first-order valence-corrected chi connectivity index (χ1v) is 6.13. The number of hydrogen-bond acceptors (Lipinski definition) is 4. The molecule has 0 aliphatic rings. The predicted octanol–water partition coefficient (Wildman–Crippen LogP) is 0.898. The molecule has 0 atom stereocenters. The topological polar surface area (TPSA) is 67.6 Å². The Hall–Kier alpha value is -1.50. The highest BCUT2D eigenvalue weighted by Gasteiger charge is 2.11. The lowest BCUT2D eigenvalue weighted by Gasteiger charge is -2.20. The maximum atomic E-state index is 13.7. The van der Waals surface area contributed by atoms with Gasteiger partial charge in [0, 0.05) is 31.3 Å². The van der Waals surface area contributed by atoms with Crippen LogP contribution in [0.25, 0.3) is 0 Å². The van der Waals surface area contributed by atoms with Gasteiger partial charge in [-0.15, -0.1) is 0 Å². The number of benzene rings is 1. The smallest absolute Gasteiger partial charge is 0.265 e. The second-order valence-corrected chi connectivity index (χ2v) is 4.14. The Labute approximate surface area is 112 Å². The maximum Gasteiger partial charge on any atom is 0.265 e. The molecule has 19 heavy (non-hydrogen) atoms. The van der Waals surface area contributed by atoms with Crippen molar-refractivity contribution in [2.24, 2.45) is 5.84 Å². The third-order valence-corrected chi connectivity index (χ3v) is 2.89. The second-order valence-electron chi connectivity index (χ2n) is 4.14. The molecule has 0 aliphatic carbocycles. The zero-order chi connectivity index (χ0) is 14.3. The SMILES string of the molecule is CCN(CCOC)Cc1cc(C(=O)NN)ccc1F. The summed E-state index contributed by atoms with van der Waals surface area (Å²) in [6.45, 7) is 4.48. The third kappa shape index (κ3) is 4.59. The highest BCUT2D eigenvalue weighted by atomic mass is 19.1. The minimum atomic E-state index is -0.429. The molecule has 0 heterocycles. The number of likely N-dealkylation sites (N-methyl/N-ethyl adjacent to an activating group) is 1. The van der Waals surface area contributed by atoms with Crippen molar-refractivity contribution in [3.05, 3.63) is 35.1 Å². The normalized spacial score (nSPS) is 10.8. The molecule has 106 valence electrons.